The van der Waals surface area contributed by atoms with Crippen molar-refractivity contribution >= 4 is 23.4 Å². The molecule has 6 heteroatoms. The molecule has 124 valence electrons. The summed E-state index contributed by atoms with van der Waals surface area (Å²) in [6, 6.07) is 15.6. The molecule has 0 N–H and O–H groups in total. The second-order valence-electron chi connectivity index (χ2n) is 5.30. The average Bonchev–Trinajstić information content (AvgIpc) is 2.94. The first-order valence-electron chi connectivity index (χ1n) is 7.64. The van der Waals surface area contributed by atoms with E-state index in [0.29, 0.717) is 11.6 Å². The van der Waals surface area contributed by atoms with Crippen molar-refractivity contribution in [1.29, 1.82) is 0 Å². The quantitative estimate of drug-likeness (QED) is 0.472. The Hall–Kier alpha value is -1.98. The zero-order valence-electron chi connectivity index (χ0n) is 13.6. The Morgan fingerprint density at radius 2 is 1.79 bits per heavy atom. The van der Waals surface area contributed by atoms with Crippen molar-refractivity contribution in [2.75, 3.05) is 12.4 Å². The first kappa shape index (κ1) is 16.9. The maximum absolute atomic E-state index is 5.87. The van der Waals surface area contributed by atoms with Crippen molar-refractivity contribution < 1.29 is 4.74 Å². The lowest BCUT2D eigenvalue weighted by atomic mass is 10.2. The molecule has 1 heterocycles. The molecule has 0 aliphatic carbocycles. The van der Waals surface area contributed by atoms with Crippen molar-refractivity contribution in [2.45, 2.75) is 19.0 Å². The number of nitrogens with zero attached hydrogens (tertiary/aromatic N) is 3. The molecule has 2 aromatic carbocycles. The van der Waals surface area contributed by atoms with Crippen LogP contribution in [-0.2, 0) is 0 Å². The van der Waals surface area contributed by atoms with Crippen LogP contribution >= 0.6 is 23.4 Å². The molecule has 0 saturated heterocycles. The standard InChI is InChI=1S/C18H18ClN3OS/c1-13-5-3-4-6-17(13)22-14(2)20-21-18(22)24-12-11-23-16-9-7-15(19)8-10-16/h3-10H,11-12H2,1-2H3. The summed E-state index contributed by atoms with van der Waals surface area (Å²) >= 11 is 7.50. The van der Waals surface area contributed by atoms with Crippen LogP contribution in [0.1, 0.15) is 11.4 Å². The number of halogens is 1. The van der Waals surface area contributed by atoms with Crippen molar-refractivity contribution in [2.24, 2.45) is 0 Å². The fourth-order valence-corrected chi connectivity index (χ4v) is 3.28. The number of para-hydroxylation sites is 1. The third kappa shape index (κ3) is 3.91. The second kappa shape index (κ2) is 7.73. The normalized spacial score (nSPS) is 10.8. The Labute approximate surface area is 150 Å². The van der Waals surface area contributed by atoms with Crippen LogP contribution in [-0.4, -0.2) is 27.1 Å². The lowest BCUT2D eigenvalue weighted by Crippen LogP contribution is -2.04. The van der Waals surface area contributed by atoms with Crippen LogP contribution < -0.4 is 4.74 Å². The van der Waals surface area contributed by atoms with Crippen LogP contribution in [0.3, 0.4) is 0 Å². The minimum absolute atomic E-state index is 0.589. The molecule has 1 aromatic heterocycles. The van der Waals surface area contributed by atoms with Crippen molar-refractivity contribution in [3.8, 4) is 11.4 Å². The number of rotatable bonds is 6. The number of thioether (sulfide) groups is 1. The molecule has 3 rings (SSSR count). The van der Waals surface area contributed by atoms with E-state index >= 15 is 0 Å². The zero-order valence-corrected chi connectivity index (χ0v) is 15.1. The lowest BCUT2D eigenvalue weighted by Gasteiger charge is -2.11. The summed E-state index contributed by atoms with van der Waals surface area (Å²) in [6.45, 7) is 4.65. The van der Waals surface area contributed by atoms with E-state index in [0.717, 1.165) is 28.2 Å². The highest BCUT2D eigenvalue weighted by atomic mass is 35.5. The van der Waals surface area contributed by atoms with Crippen LogP contribution in [0.4, 0.5) is 0 Å². The predicted molar refractivity (Wildman–Crippen MR) is 98.5 cm³/mol. The Kier molecular flexibility index (Phi) is 5.43. The molecule has 24 heavy (non-hydrogen) atoms. The van der Waals surface area contributed by atoms with Crippen LogP contribution in [0.2, 0.25) is 5.02 Å². The number of benzene rings is 2. The maximum atomic E-state index is 5.87. The van der Waals surface area contributed by atoms with Crippen molar-refractivity contribution in [3.05, 3.63) is 64.9 Å². The van der Waals surface area contributed by atoms with Gasteiger partial charge in [0.25, 0.3) is 0 Å². The monoisotopic (exact) mass is 359 g/mol. The average molecular weight is 360 g/mol. The Bertz CT molecular complexity index is 817. The summed E-state index contributed by atoms with van der Waals surface area (Å²) in [5, 5.41) is 10.1. The Morgan fingerprint density at radius 1 is 1.04 bits per heavy atom. The minimum Gasteiger partial charge on any atom is -0.493 e. The Balaban J connectivity index is 1.64. The van der Waals surface area contributed by atoms with Gasteiger partial charge in [0.2, 0.25) is 0 Å². The minimum atomic E-state index is 0.589. The van der Waals surface area contributed by atoms with Gasteiger partial charge in [0.1, 0.15) is 11.6 Å². The molecule has 0 saturated carbocycles. The molecule has 0 radical (unpaired) electrons. The Morgan fingerprint density at radius 3 is 2.54 bits per heavy atom. The first-order chi connectivity index (χ1) is 11.6. The van der Waals surface area contributed by atoms with Gasteiger partial charge in [-0.3, -0.25) is 4.57 Å². The molecule has 0 atom stereocenters. The van der Waals surface area contributed by atoms with Gasteiger partial charge in [-0.25, -0.2) is 0 Å². The number of aryl methyl sites for hydroxylation is 2. The van der Waals surface area contributed by atoms with E-state index in [9.17, 15) is 0 Å². The van der Waals surface area contributed by atoms with Gasteiger partial charge < -0.3 is 4.74 Å². The molecular formula is C18H18ClN3OS. The fraction of sp³-hybridized carbons (Fsp3) is 0.222. The first-order valence-corrected chi connectivity index (χ1v) is 9.00. The van der Waals surface area contributed by atoms with Crippen LogP contribution in [0.25, 0.3) is 5.69 Å². The van der Waals surface area contributed by atoms with E-state index in [1.165, 1.54) is 5.56 Å². The third-order valence-electron chi connectivity index (χ3n) is 3.55. The highest BCUT2D eigenvalue weighted by Crippen LogP contribution is 2.24. The maximum Gasteiger partial charge on any atom is 0.195 e. The zero-order chi connectivity index (χ0) is 16.9. The van der Waals surface area contributed by atoms with Gasteiger partial charge in [-0.15, -0.1) is 10.2 Å². The van der Waals surface area contributed by atoms with E-state index in [1.54, 1.807) is 11.8 Å². The molecule has 0 bridgehead atoms. The molecule has 0 aliphatic rings. The molecule has 3 aromatic rings. The summed E-state index contributed by atoms with van der Waals surface area (Å²) in [7, 11) is 0. The summed E-state index contributed by atoms with van der Waals surface area (Å²) in [4.78, 5) is 0. The van der Waals surface area contributed by atoms with Crippen LogP contribution in [0.15, 0.2) is 53.7 Å². The summed E-state index contributed by atoms with van der Waals surface area (Å²) in [5.74, 6) is 2.48. The van der Waals surface area contributed by atoms with Crippen molar-refractivity contribution in [3.63, 3.8) is 0 Å². The predicted octanol–water partition coefficient (Wildman–Crippen LogP) is 4.71. The van der Waals surface area contributed by atoms with Crippen molar-refractivity contribution in [1.82, 2.24) is 14.8 Å². The van der Waals surface area contributed by atoms with Gasteiger partial charge in [-0.05, 0) is 49.7 Å². The highest BCUT2D eigenvalue weighted by Gasteiger charge is 2.12. The second-order valence-corrected chi connectivity index (χ2v) is 6.80. The number of hydrogen-bond donors (Lipinski definition) is 0. The molecular weight excluding hydrogens is 342 g/mol. The molecule has 0 aliphatic heterocycles. The number of ether oxygens (including phenoxy) is 1. The summed E-state index contributed by atoms with van der Waals surface area (Å²) in [6.07, 6.45) is 0. The molecule has 4 nitrogen and oxygen atoms in total. The number of aromatic nitrogens is 3. The molecule has 0 unspecified atom stereocenters. The largest absolute Gasteiger partial charge is 0.493 e. The van der Waals surface area contributed by atoms with Gasteiger partial charge in [-0.1, -0.05) is 41.6 Å². The van der Waals surface area contributed by atoms with Crippen LogP contribution in [0, 0.1) is 13.8 Å². The third-order valence-corrected chi connectivity index (χ3v) is 4.69. The molecule has 0 spiro atoms. The van der Waals surface area contributed by atoms with Gasteiger partial charge in [0, 0.05) is 10.8 Å². The van der Waals surface area contributed by atoms with Gasteiger partial charge in [0.05, 0.1) is 12.3 Å². The summed E-state index contributed by atoms with van der Waals surface area (Å²) in [5.41, 5.74) is 2.31. The lowest BCUT2D eigenvalue weighted by molar-refractivity contribution is 0.344. The number of hydrogen-bond acceptors (Lipinski definition) is 4. The highest BCUT2D eigenvalue weighted by molar-refractivity contribution is 7.99. The SMILES string of the molecule is Cc1ccccc1-n1c(C)nnc1SCCOc1ccc(Cl)cc1. The van der Waals surface area contributed by atoms with E-state index in [1.807, 2.05) is 43.3 Å². The van der Waals surface area contributed by atoms with Crippen LogP contribution in [0.5, 0.6) is 5.75 Å². The summed E-state index contributed by atoms with van der Waals surface area (Å²) < 4.78 is 7.81. The van der Waals surface area contributed by atoms with E-state index in [-0.39, 0.29) is 0 Å². The van der Waals surface area contributed by atoms with Gasteiger partial charge in [0.15, 0.2) is 5.16 Å². The molecule has 0 fully saturated rings. The topological polar surface area (TPSA) is 39.9 Å². The molecule has 0 amide bonds. The smallest absolute Gasteiger partial charge is 0.195 e. The van der Waals surface area contributed by atoms with Gasteiger partial charge in [-0.2, -0.15) is 0 Å². The van der Waals surface area contributed by atoms with E-state index in [2.05, 4.69) is 33.8 Å². The fourth-order valence-electron chi connectivity index (χ4n) is 2.35. The van der Waals surface area contributed by atoms with E-state index in [4.69, 9.17) is 16.3 Å². The van der Waals surface area contributed by atoms with E-state index < -0.39 is 0 Å². The van der Waals surface area contributed by atoms with Gasteiger partial charge >= 0.3 is 0 Å².